The topological polar surface area (TPSA) is 105 Å². The molecule has 3 atom stereocenters. The minimum Gasteiger partial charge on any atom is -0.387 e. The second-order valence-electron chi connectivity index (χ2n) is 22.4. The van der Waals surface area contributed by atoms with Crippen LogP contribution in [0.25, 0.3) is 0 Å². The van der Waals surface area contributed by atoms with Gasteiger partial charge in [-0.3, -0.25) is 13.8 Å². The van der Waals surface area contributed by atoms with Crippen molar-refractivity contribution in [3.05, 3.63) is 12.2 Å². The molecule has 0 fully saturated rings. The Balaban J connectivity index is 4.12. The van der Waals surface area contributed by atoms with Gasteiger partial charge in [-0.05, 0) is 19.3 Å². The summed E-state index contributed by atoms with van der Waals surface area (Å²) in [6, 6.07) is -0.842. The van der Waals surface area contributed by atoms with Crippen LogP contribution in [0.2, 0.25) is 0 Å². The van der Waals surface area contributed by atoms with Crippen LogP contribution in [0.5, 0.6) is 0 Å². The Morgan fingerprint density at radius 3 is 1.07 bits per heavy atom. The van der Waals surface area contributed by atoms with Crippen molar-refractivity contribution in [2.24, 2.45) is 0 Å². The predicted molar refractivity (Wildman–Crippen MR) is 300 cm³/mol. The minimum atomic E-state index is -4.34. The Hall–Kier alpha value is -0.760. The van der Waals surface area contributed by atoms with Gasteiger partial charge in [0, 0.05) is 6.42 Å². The first-order valence-corrected chi connectivity index (χ1v) is 32.1. The number of carbonyl (C=O) groups excluding carboxylic acids is 1. The molecule has 0 aliphatic carbocycles. The summed E-state index contributed by atoms with van der Waals surface area (Å²) >= 11 is 0. The number of carbonyl (C=O) groups is 1. The quantitative estimate of drug-likeness (QED) is 0.0243. The van der Waals surface area contributed by atoms with E-state index in [0.29, 0.717) is 17.4 Å². The van der Waals surface area contributed by atoms with Crippen molar-refractivity contribution in [3.8, 4) is 0 Å². The van der Waals surface area contributed by atoms with Crippen molar-refractivity contribution in [2.45, 2.75) is 328 Å². The fraction of sp³-hybridized carbons (Fsp3) is 0.950. The number of hydrogen-bond donors (Lipinski definition) is 3. The standard InChI is InChI=1S/C60H121N2O6P/c1-6-8-10-12-14-16-18-20-22-24-26-28-29-30-31-32-34-36-38-40-42-44-46-48-50-52-54-60(64)61-58(57-68-69(65,66)67-56-55-62(3,4)5)59(63)53-51-49-47-45-43-41-39-37-35-33-27-25-23-21-19-17-15-13-11-9-7-2/h51,53,58-59,63H,6-50,52,54-57H2,1-5H3,(H-,61,64,65,66)/p+1/b53-51+. The number of quaternary nitrogens is 1. The molecule has 0 aliphatic rings. The number of phosphoric ester groups is 1. The summed E-state index contributed by atoms with van der Waals surface area (Å²) in [7, 11) is 1.59. The fourth-order valence-electron chi connectivity index (χ4n) is 9.46. The number of nitrogens with one attached hydrogen (secondary N) is 1. The minimum absolute atomic E-state index is 0.0653. The van der Waals surface area contributed by atoms with E-state index >= 15 is 0 Å². The lowest BCUT2D eigenvalue weighted by Gasteiger charge is -2.25. The number of aliphatic hydroxyl groups excluding tert-OH is 1. The molecule has 0 aromatic rings. The van der Waals surface area contributed by atoms with Gasteiger partial charge in [0.05, 0.1) is 39.9 Å². The molecule has 9 heteroatoms. The summed E-state index contributed by atoms with van der Waals surface area (Å²) < 4.78 is 23.8. The van der Waals surface area contributed by atoms with Gasteiger partial charge in [0.25, 0.3) is 0 Å². The lowest BCUT2D eigenvalue weighted by atomic mass is 10.0. The van der Waals surface area contributed by atoms with E-state index in [2.05, 4.69) is 19.2 Å². The number of nitrogens with zero attached hydrogens (tertiary/aromatic N) is 1. The largest absolute Gasteiger partial charge is 0.472 e. The lowest BCUT2D eigenvalue weighted by molar-refractivity contribution is -0.870. The first-order valence-electron chi connectivity index (χ1n) is 30.6. The Bertz CT molecular complexity index is 1130. The molecular weight excluding hydrogens is 876 g/mol. The third kappa shape index (κ3) is 54.8. The van der Waals surface area contributed by atoms with Gasteiger partial charge in [0.2, 0.25) is 5.91 Å². The second kappa shape index (κ2) is 52.1. The van der Waals surface area contributed by atoms with Crippen molar-refractivity contribution < 1.29 is 32.9 Å². The highest BCUT2D eigenvalue weighted by molar-refractivity contribution is 7.47. The molecule has 0 aromatic heterocycles. The van der Waals surface area contributed by atoms with E-state index in [4.69, 9.17) is 9.05 Å². The average molecular weight is 999 g/mol. The molecule has 8 nitrogen and oxygen atoms in total. The molecule has 0 saturated carbocycles. The van der Waals surface area contributed by atoms with Crippen molar-refractivity contribution in [3.63, 3.8) is 0 Å². The third-order valence-corrected chi connectivity index (χ3v) is 15.2. The summed E-state index contributed by atoms with van der Waals surface area (Å²) in [4.78, 5) is 23.3. The van der Waals surface area contributed by atoms with Crippen LogP contribution in [-0.4, -0.2) is 73.4 Å². The van der Waals surface area contributed by atoms with Crippen molar-refractivity contribution in [1.82, 2.24) is 5.32 Å². The Kier molecular flexibility index (Phi) is 51.5. The monoisotopic (exact) mass is 998 g/mol. The molecule has 3 unspecified atom stereocenters. The normalized spacial score (nSPS) is 13.9. The molecule has 0 aromatic carbocycles. The smallest absolute Gasteiger partial charge is 0.387 e. The van der Waals surface area contributed by atoms with E-state index in [1.807, 2.05) is 27.2 Å². The van der Waals surface area contributed by atoms with Gasteiger partial charge < -0.3 is 19.8 Å². The van der Waals surface area contributed by atoms with Gasteiger partial charge in [-0.25, -0.2) is 4.57 Å². The predicted octanol–water partition coefficient (Wildman–Crippen LogP) is 18.6. The number of phosphoric acid groups is 1. The number of hydrogen-bond acceptors (Lipinski definition) is 5. The van der Waals surface area contributed by atoms with Gasteiger partial charge in [-0.2, -0.15) is 0 Å². The average Bonchev–Trinajstić information content (AvgIpc) is 3.31. The zero-order chi connectivity index (χ0) is 50.6. The van der Waals surface area contributed by atoms with Crippen molar-refractivity contribution in [2.75, 3.05) is 40.9 Å². The van der Waals surface area contributed by atoms with E-state index < -0.39 is 20.0 Å². The molecule has 412 valence electrons. The zero-order valence-corrected chi connectivity index (χ0v) is 48.0. The Morgan fingerprint density at radius 1 is 0.478 bits per heavy atom. The molecule has 0 heterocycles. The first kappa shape index (κ1) is 68.2. The fourth-order valence-corrected chi connectivity index (χ4v) is 10.2. The molecule has 1 amide bonds. The highest BCUT2D eigenvalue weighted by atomic mass is 31.2. The molecule has 0 spiro atoms. The second-order valence-corrected chi connectivity index (χ2v) is 23.9. The van der Waals surface area contributed by atoms with E-state index in [1.54, 1.807) is 6.08 Å². The zero-order valence-electron chi connectivity index (χ0n) is 47.1. The maximum Gasteiger partial charge on any atom is 0.472 e. The van der Waals surface area contributed by atoms with E-state index in [0.717, 1.165) is 32.1 Å². The van der Waals surface area contributed by atoms with E-state index in [-0.39, 0.29) is 19.1 Å². The number of allylic oxidation sites excluding steroid dienone is 1. The molecule has 3 N–H and O–H groups in total. The molecule has 0 radical (unpaired) electrons. The molecule has 0 bridgehead atoms. The summed E-state index contributed by atoms with van der Waals surface area (Å²) in [5.74, 6) is -0.169. The van der Waals surface area contributed by atoms with Crippen LogP contribution in [0.3, 0.4) is 0 Å². The van der Waals surface area contributed by atoms with Gasteiger partial charge >= 0.3 is 7.82 Å². The van der Waals surface area contributed by atoms with Gasteiger partial charge in [-0.1, -0.05) is 302 Å². The number of likely N-dealkylation sites (N-methyl/N-ethyl adjacent to an activating group) is 1. The number of rotatable bonds is 57. The molecule has 0 saturated heterocycles. The number of aliphatic hydroxyl groups is 1. The highest BCUT2D eigenvalue weighted by Crippen LogP contribution is 2.43. The van der Waals surface area contributed by atoms with Crippen LogP contribution in [0, 0.1) is 0 Å². The van der Waals surface area contributed by atoms with Gasteiger partial charge in [-0.15, -0.1) is 0 Å². The van der Waals surface area contributed by atoms with Crippen LogP contribution in [0.15, 0.2) is 12.2 Å². The van der Waals surface area contributed by atoms with Crippen LogP contribution < -0.4 is 5.32 Å². The lowest BCUT2D eigenvalue weighted by Crippen LogP contribution is -2.45. The van der Waals surface area contributed by atoms with Crippen molar-refractivity contribution in [1.29, 1.82) is 0 Å². The highest BCUT2D eigenvalue weighted by Gasteiger charge is 2.27. The maximum atomic E-state index is 13.0. The van der Waals surface area contributed by atoms with E-state index in [1.165, 1.54) is 263 Å². The van der Waals surface area contributed by atoms with Crippen LogP contribution >= 0.6 is 7.82 Å². The SMILES string of the molecule is CCCCCCCCCCCCCCCCCCCCC/C=C/C(O)C(COP(=O)(O)OCC[N+](C)(C)C)NC(=O)CCCCCCCCCCCCCCCCCCCCCCCCCCCC. The van der Waals surface area contributed by atoms with Crippen LogP contribution in [-0.2, 0) is 18.4 Å². The van der Waals surface area contributed by atoms with Gasteiger partial charge in [0.1, 0.15) is 13.2 Å². The number of unbranched alkanes of at least 4 members (excludes halogenated alkanes) is 44. The summed E-state index contributed by atoms with van der Waals surface area (Å²) in [6.45, 7) is 4.88. The molecular formula is C60H122N2O6P+. The summed E-state index contributed by atoms with van der Waals surface area (Å²) in [5.41, 5.74) is 0. The molecule has 69 heavy (non-hydrogen) atoms. The van der Waals surface area contributed by atoms with Crippen molar-refractivity contribution >= 4 is 13.7 Å². The first-order chi connectivity index (χ1) is 33.5. The Labute approximate surface area is 431 Å². The Morgan fingerprint density at radius 2 is 0.768 bits per heavy atom. The van der Waals surface area contributed by atoms with Crippen LogP contribution in [0.4, 0.5) is 0 Å². The maximum absolute atomic E-state index is 13.0. The third-order valence-electron chi connectivity index (χ3n) is 14.3. The number of amides is 1. The molecule has 0 aliphatic heterocycles. The van der Waals surface area contributed by atoms with Crippen LogP contribution in [0.1, 0.15) is 316 Å². The molecule has 0 rings (SSSR count). The van der Waals surface area contributed by atoms with Gasteiger partial charge in [0.15, 0.2) is 0 Å². The van der Waals surface area contributed by atoms with E-state index in [9.17, 15) is 19.4 Å². The summed E-state index contributed by atoms with van der Waals surface area (Å²) in [6.07, 6.45) is 64.6. The summed E-state index contributed by atoms with van der Waals surface area (Å²) in [5, 5.41) is 14.0.